The molecular weight excluding hydrogens is 502 g/mol. The van der Waals surface area contributed by atoms with E-state index >= 15 is 0 Å². The Morgan fingerprint density at radius 1 is 0.950 bits per heavy atom. The summed E-state index contributed by atoms with van der Waals surface area (Å²) in [6.45, 7) is 12.9. The lowest BCUT2D eigenvalue weighted by molar-refractivity contribution is 0.0210. The Morgan fingerprint density at radius 3 is 2.17 bits per heavy atom. The summed E-state index contributed by atoms with van der Waals surface area (Å²) in [6.07, 6.45) is 4.45. The Labute approximate surface area is 239 Å². The minimum absolute atomic E-state index is 0.173. The molecule has 0 fully saturated rings. The van der Waals surface area contributed by atoms with Gasteiger partial charge in [0.25, 0.3) is 5.91 Å². The fourth-order valence-electron chi connectivity index (χ4n) is 3.82. The van der Waals surface area contributed by atoms with Crippen molar-refractivity contribution in [2.24, 2.45) is 0 Å². The topological polar surface area (TPSA) is 80.8 Å². The standard InChI is InChI=1S/C21H20N2O2.C12H25NO2/c1-16-7-10-19(11-8-16)23-21(24)18-9-12-20(22-13-18)15-25-14-17-5-3-2-4-6-17;1-7-9-10(8-2)13(6)11(14)15-12(3,4)5/h2-13H,14-15H2,1H3,(H,23,24);10H,7-9H2,1-6H3. The molecule has 0 aliphatic carbocycles. The van der Waals surface area contributed by atoms with Gasteiger partial charge < -0.3 is 19.7 Å². The van der Waals surface area contributed by atoms with Crippen LogP contribution >= 0.6 is 0 Å². The first kappa shape index (κ1) is 32.5. The average molecular weight is 548 g/mol. The molecule has 1 aromatic heterocycles. The quantitative estimate of drug-likeness (QED) is 0.280. The summed E-state index contributed by atoms with van der Waals surface area (Å²) in [4.78, 5) is 30.0. The van der Waals surface area contributed by atoms with E-state index in [4.69, 9.17) is 9.47 Å². The predicted octanol–water partition coefficient (Wildman–Crippen LogP) is 7.79. The Balaban J connectivity index is 0.000000323. The van der Waals surface area contributed by atoms with E-state index in [1.807, 2.05) is 95.4 Å². The fraction of sp³-hybridized carbons (Fsp3) is 0.424. The lowest BCUT2D eigenvalue weighted by atomic mass is 10.1. The lowest BCUT2D eigenvalue weighted by Crippen LogP contribution is -2.40. The molecule has 216 valence electrons. The molecule has 0 spiro atoms. The highest BCUT2D eigenvalue weighted by atomic mass is 16.6. The number of nitrogens with one attached hydrogen (secondary N) is 1. The first-order chi connectivity index (χ1) is 19.0. The number of benzene rings is 2. The zero-order chi connectivity index (χ0) is 29.5. The van der Waals surface area contributed by atoms with E-state index < -0.39 is 5.60 Å². The molecule has 0 aliphatic heterocycles. The number of carbonyl (C=O) groups is 2. The molecule has 7 heteroatoms. The van der Waals surface area contributed by atoms with E-state index in [9.17, 15) is 9.59 Å². The smallest absolute Gasteiger partial charge is 0.410 e. The number of anilines is 1. The second kappa shape index (κ2) is 16.4. The van der Waals surface area contributed by atoms with Gasteiger partial charge in [-0.25, -0.2) is 4.79 Å². The third-order valence-corrected chi connectivity index (χ3v) is 6.08. The van der Waals surface area contributed by atoms with E-state index in [1.165, 1.54) is 0 Å². The molecule has 1 unspecified atom stereocenters. The monoisotopic (exact) mass is 547 g/mol. The van der Waals surface area contributed by atoms with E-state index in [1.54, 1.807) is 17.2 Å². The van der Waals surface area contributed by atoms with Crippen molar-refractivity contribution in [3.63, 3.8) is 0 Å². The summed E-state index contributed by atoms with van der Waals surface area (Å²) in [6, 6.07) is 21.5. The van der Waals surface area contributed by atoms with Crippen LogP contribution in [0.15, 0.2) is 72.9 Å². The summed E-state index contributed by atoms with van der Waals surface area (Å²) >= 11 is 0. The maximum absolute atomic E-state index is 12.2. The molecule has 0 saturated carbocycles. The van der Waals surface area contributed by atoms with E-state index in [0.717, 1.165) is 41.8 Å². The van der Waals surface area contributed by atoms with Crippen LogP contribution < -0.4 is 5.32 Å². The second-order valence-electron chi connectivity index (χ2n) is 10.8. The van der Waals surface area contributed by atoms with E-state index in [0.29, 0.717) is 24.8 Å². The summed E-state index contributed by atoms with van der Waals surface area (Å²) in [5, 5.41) is 2.86. The number of hydrogen-bond acceptors (Lipinski definition) is 5. The van der Waals surface area contributed by atoms with Crippen LogP contribution in [-0.2, 0) is 22.7 Å². The number of carbonyl (C=O) groups excluding carboxylic acids is 2. The van der Waals surface area contributed by atoms with Gasteiger partial charge in [0.05, 0.1) is 24.5 Å². The van der Waals surface area contributed by atoms with Gasteiger partial charge in [-0.05, 0) is 70.4 Å². The molecule has 3 aromatic rings. The van der Waals surface area contributed by atoms with Crippen molar-refractivity contribution in [3.8, 4) is 0 Å². The van der Waals surface area contributed by atoms with Crippen molar-refractivity contribution >= 4 is 17.7 Å². The van der Waals surface area contributed by atoms with Crippen molar-refractivity contribution in [2.45, 2.75) is 85.7 Å². The zero-order valence-corrected chi connectivity index (χ0v) is 25.1. The second-order valence-corrected chi connectivity index (χ2v) is 10.8. The summed E-state index contributed by atoms with van der Waals surface area (Å²) in [7, 11) is 1.82. The summed E-state index contributed by atoms with van der Waals surface area (Å²) < 4.78 is 11.0. The molecule has 7 nitrogen and oxygen atoms in total. The predicted molar refractivity (Wildman–Crippen MR) is 161 cm³/mol. The number of amides is 2. The van der Waals surface area contributed by atoms with Gasteiger partial charge in [-0.3, -0.25) is 9.78 Å². The maximum atomic E-state index is 12.2. The van der Waals surface area contributed by atoms with Crippen LogP contribution in [0, 0.1) is 6.92 Å². The number of aromatic nitrogens is 1. The largest absolute Gasteiger partial charge is 0.444 e. The van der Waals surface area contributed by atoms with Crippen molar-refractivity contribution in [3.05, 3.63) is 95.3 Å². The molecule has 2 amide bonds. The van der Waals surface area contributed by atoms with E-state index in [-0.39, 0.29) is 12.0 Å². The van der Waals surface area contributed by atoms with Crippen LogP contribution in [0.4, 0.5) is 10.5 Å². The first-order valence-electron chi connectivity index (χ1n) is 13.9. The number of hydrogen-bond donors (Lipinski definition) is 1. The molecule has 0 bridgehead atoms. The zero-order valence-electron chi connectivity index (χ0n) is 25.1. The van der Waals surface area contributed by atoms with Crippen LogP contribution in [0.3, 0.4) is 0 Å². The number of aryl methyl sites for hydroxylation is 1. The molecule has 2 aromatic carbocycles. The number of pyridine rings is 1. The SMILES string of the molecule is CCCC(CC)N(C)C(=O)OC(C)(C)C.Cc1ccc(NC(=O)c2ccc(COCc3ccccc3)nc2)cc1. The van der Waals surface area contributed by atoms with Crippen LogP contribution in [0.1, 0.15) is 81.1 Å². The van der Waals surface area contributed by atoms with Crippen LogP contribution in [0.5, 0.6) is 0 Å². The molecule has 40 heavy (non-hydrogen) atoms. The van der Waals surface area contributed by atoms with Gasteiger partial charge in [0.1, 0.15) is 5.60 Å². The highest BCUT2D eigenvalue weighted by molar-refractivity contribution is 6.04. The minimum Gasteiger partial charge on any atom is -0.444 e. The molecule has 1 atom stereocenters. The Kier molecular flexibility index (Phi) is 13.3. The van der Waals surface area contributed by atoms with Gasteiger partial charge in [-0.1, -0.05) is 68.3 Å². The molecular formula is C33H45N3O4. The minimum atomic E-state index is -0.407. The molecule has 0 aliphatic rings. The van der Waals surface area contributed by atoms with Gasteiger partial charge in [0.15, 0.2) is 0 Å². The molecule has 3 rings (SSSR count). The third kappa shape index (κ3) is 12.0. The first-order valence-corrected chi connectivity index (χ1v) is 13.9. The van der Waals surface area contributed by atoms with Gasteiger partial charge >= 0.3 is 6.09 Å². The number of ether oxygens (including phenoxy) is 2. The van der Waals surface area contributed by atoms with Crippen molar-refractivity contribution in [1.82, 2.24) is 9.88 Å². The van der Waals surface area contributed by atoms with Crippen molar-refractivity contribution < 1.29 is 19.1 Å². The molecule has 1 heterocycles. The third-order valence-electron chi connectivity index (χ3n) is 6.08. The Hall–Kier alpha value is -3.71. The van der Waals surface area contributed by atoms with Gasteiger partial charge in [0.2, 0.25) is 0 Å². The summed E-state index contributed by atoms with van der Waals surface area (Å²) in [5.41, 5.74) is 3.95. The normalized spacial score (nSPS) is 11.6. The van der Waals surface area contributed by atoms with Gasteiger partial charge in [0, 0.05) is 25.0 Å². The number of rotatable bonds is 10. The van der Waals surface area contributed by atoms with Crippen molar-refractivity contribution in [2.75, 3.05) is 12.4 Å². The average Bonchev–Trinajstić information content (AvgIpc) is 2.93. The highest BCUT2D eigenvalue weighted by Gasteiger charge is 2.23. The Bertz CT molecular complexity index is 1160. The maximum Gasteiger partial charge on any atom is 0.410 e. The highest BCUT2D eigenvalue weighted by Crippen LogP contribution is 2.15. The molecule has 0 saturated heterocycles. The van der Waals surface area contributed by atoms with E-state index in [2.05, 4.69) is 24.1 Å². The molecule has 1 N–H and O–H groups in total. The summed E-state index contributed by atoms with van der Waals surface area (Å²) in [5.74, 6) is -0.173. The molecule has 0 radical (unpaired) electrons. The lowest BCUT2D eigenvalue weighted by Gasteiger charge is -2.30. The van der Waals surface area contributed by atoms with Gasteiger partial charge in [-0.2, -0.15) is 0 Å². The van der Waals surface area contributed by atoms with Crippen LogP contribution in [0.25, 0.3) is 0 Å². The fourth-order valence-corrected chi connectivity index (χ4v) is 3.82. The Morgan fingerprint density at radius 2 is 1.62 bits per heavy atom. The van der Waals surface area contributed by atoms with Gasteiger partial charge in [-0.15, -0.1) is 0 Å². The van der Waals surface area contributed by atoms with Crippen molar-refractivity contribution in [1.29, 1.82) is 0 Å². The van der Waals surface area contributed by atoms with Crippen LogP contribution in [-0.4, -0.2) is 40.6 Å². The number of nitrogens with zero attached hydrogens (tertiary/aromatic N) is 2. The van der Waals surface area contributed by atoms with Crippen LogP contribution in [0.2, 0.25) is 0 Å².